The molecule has 0 spiro atoms. The van der Waals surface area contributed by atoms with E-state index < -0.39 is 6.04 Å². The Morgan fingerprint density at radius 3 is 2.07 bits per heavy atom. The summed E-state index contributed by atoms with van der Waals surface area (Å²) in [6, 6.07) is 37.6. The van der Waals surface area contributed by atoms with Gasteiger partial charge in [0.25, 0.3) is 0 Å². The molecule has 1 heterocycles. The smallest absolute Gasteiger partial charge is 0.135 e. The fraction of sp³-hybridized carbons (Fsp3) is 0. The van der Waals surface area contributed by atoms with Gasteiger partial charge in [-0.3, -0.25) is 0 Å². The molecular formula is C40H24O. The van der Waals surface area contributed by atoms with Crippen molar-refractivity contribution in [2.75, 3.05) is 0 Å². The van der Waals surface area contributed by atoms with Crippen LogP contribution in [0.5, 0.6) is 11.5 Å². The summed E-state index contributed by atoms with van der Waals surface area (Å²) in [5.41, 5.74) is 5.10. The first-order valence-corrected chi connectivity index (χ1v) is 13.7. The summed E-state index contributed by atoms with van der Waals surface area (Å²) in [6.45, 7) is 0. The van der Waals surface area contributed by atoms with Crippen LogP contribution in [0.15, 0.2) is 145 Å². The minimum absolute atomic E-state index is 0.207. The van der Waals surface area contributed by atoms with Gasteiger partial charge in [0, 0.05) is 10.9 Å². The number of ether oxygens (including phenoxy) is 1. The molecule has 0 radical (unpaired) electrons. The Balaban J connectivity index is 1.38. The van der Waals surface area contributed by atoms with Crippen molar-refractivity contribution in [2.24, 2.45) is 0 Å². The molecule has 0 aliphatic carbocycles. The monoisotopic (exact) mass is 525 g/mol. The molecule has 8 aromatic rings. The van der Waals surface area contributed by atoms with Crippen LogP contribution in [-0.4, -0.2) is 0 Å². The Kier molecular flexibility index (Phi) is 3.76. The SMILES string of the molecule is [2H]c1c([2H])c([2H])c(-c2c3ccccc3cc3cc(-c4ccc5c(c4)-c4cccc6cccc(c46)O5)c4ccccc4c23)c([2H])c1[2H]. The second-order valence-electron chi connectivity index (χ2n) is 10.5. The Labute approximate surface area is 244 Å². The molecule has 0 N–H and O–H groups in total. The van der Waals surface area contributed by atoms with E-state index in [0.717, 1.165) is 76.8 Å². The van der Waals surface area contributed by atoms with Crippen molar-refractivity contribution in [3.8, 4) is 44.9 Å². The molecular weight excluding hydrogens is 496 g/mol. The van der Waals surface area contributed by atoms with E-state index >= 15 is 0 Å². The second-order valence-corrected chi connectivity index (χ2v) is 10.5. The van der Waals surface area contributed by atoms with Crippen LogP contribution in [0.4, 0.5) is 0 Å². The van der Waals surface area contributed by atoms with E-state index in [-0.39, 0.29) is 29.7 Å². The fourth-order valence-corrected chi connectivity index (χ4v) is 6.55. The number of hydrogen-bond acceptors (Lipinski definition) is 1. The van der Waals surface area contributed by atoms with E-state index in [1.54, 1.807) is 0 Å². The van der Waals surface area contributed by atoms with Crippen molar-refractivity contribution >= 4 is 43.1 Å². The molecule has 0 saturated carbocycles. The van der Waals surface area contributed by atoms with Crippen LogP contribution in [0, 0.1) is 0 Å². The number of fused-ring (bicyclic) bond motifs is 6. The van der Waals surface area contributed by atoms with E-state index in [0.29, 0.717) is 5.56 Å². The highest BCUT2D eigenvalue weighted by molar-refractivity contribution is 6.24. The van der Waals surface area contributed by atoms with Crippen LogP contribution in [0.2, 0.25) is 0 Å². The van der Waals surface area contributed by atoms with Gasteiger partial charge in [-0.2, -0.15) is 0 Å². The van der Waals surface area contributed by atoms with Crippen molar-refractivity contribution in [1.29, 1.82) is 0 Å². The van der Waals surface area contributed by atoms with E-state index in [1.807, 2.05) is 54.6 Å². The Morgan fingerprint density at radius 2 is 1.20 bits per heavy atom. The zero-order valence-electron chi connectivity index (χ0n) is 26.9. The molecule has 0 aromatic heterocycles. The molecule has 1 nitrogen and oxygen atoms in total. The zero-order valence-corrected chi connectivity index (χ0v) is 21.9. The average Bonchev–Trinajstić information content (AvgIpc) is 3.09. The van der Waals surface area contributed by atoms with Crippen LogP contribution in [0.1, 0.15) is 6.85 Å². The largest absolute Gasteiger partial charge is 0.456 e. The summed E-state index contributed by atoms with van der Waals surface area (Å²) in [5, 5.41) is 7.75. The third-order valence-corrected chi connectivity index (χ3v) is 8.28. The minimum Gasteiger partial charge on any atom is -0.456 e. The van der Waals surface area contributed by atoms with E-state index in [4.69, 9.17) is 11.6 Å². The van der Waals surface area contributed by atoms with Gasteiger partial charge in [-0.05, 0) is 95.9 Å². The fourth-order valence-electron chi connectivity index (χ4n) is 6.55. The van der Waals surface area contributed by atoms with Gasteiger partial charge >= 0.3 is 0 Å². The minimum atomic E-state index is -0.398. The molecule has 1 heteroatoms. The molecule has 190 valence electrons. The van der Waals surface area contributed by atoms with Crippen LogP contribution < -0.4 is 4.74 Å². The summed E-state index contributed by atoms with van der Waals surface area (Å²) in [6.07, 6.45) is 0. The molecule has 1 aliphatic heterocycles. The van der Waals surface area contributed by atoms with Crippen molar-refractivity contribution in [1.82, 2.24) is 0 Å². The quantitative estimate of drug-likeness (QED) is 0.161. The molecule has 0 atom stereocenters. The average molecular weight is 526 g/mol. The van der Waals surface area contributed by atoms with E-state index in [1.165, 1.54) is 0 Å². The number of rotatable bonds is 2. The molecule has 0 bridgehead atoms. The lowest BCUT2D eigenvalue weighted by Gasteiger charge is -2.22. The Morgan fingerprint density at radius 1 is 0.439 bits per heavy atom. The maximum absolute atomic E-state index is 8.91. The van der Waals surface area contributed by atoms with Gasteiger partial charge in [-0.25, -0.2) is 0 Å². The lowest BCUT2D eigenvalue weighted by Crippen LogP contribution is -1.97. The Hall–Kier alpha value is -5.40. The highest BCUT2D eigenvalue weighted by Crippen LogP contribution is 2.49. The van der Waals surface area contributed by atoms with E-state index in [2.05, 4.69) is 60.7 Å². The first-order valence-electron chi connectivity index (χ1n) is 16.2. The van der Waals surface area contributed by atoms with Crippen molar-refractivity contribution in [3.05, 3.63) is 145 Å². The molecule has 0 fully saturated rings. The van der Waals surface area contributed by atoms with Crippen LogP contribution in [0.25, 0.3) is 76.5 Å². The first kappa shape index (κ1) is 18.0. The highest BCUT2D eigenvalue weighted by Gasteiger charge is 2.21. The maximum Gasteiger partial charge on any atom is 0.135 e. The lowest BCUT2D eigenvalue weighted by atomic mass is 9.85. The van der Waals surface area contributed by atoms with Crippen molar-refractivity contribution < 1.29 is 11.6 Å². The van der Waals surface area contributed by atoms with Gasteiger partial charge in [-0.15, -0.1) is 0 Å². The topological polar surface area (TPSA) is 9.23 Å². The predicted molar refractivity (Wildman–Crippen MR) is 173 cm³/mol. The van der Waals surface area contributed by atoms with Gasteiger partial charge in [0.2, 0.25) is 0 Å². The van der Waals surface area contributed by atoms with Crippen molar-refractivity contribution in [2.45, 2.75) is 0 Å². The zero-order chi connectivity index (χ0) is 31.3. The van der Waals surface area contributed by atoms with Gasteiger partial charge in [-0.1, -0.05) is 115 Å². The van der Waals surface area contributed by atoms with Gasteiger partial charge in [0.15, 0.2) is 0 Å². The molecule has 1 aliphatic rings. The molecule has 0 saturated heterocycles. The highest BCUT2D eigenvalue weighted by atomic mass is 16.5. The number of hydrogen-bond donors (Lipinski definition) is 0. The standard InChI is InChI=1S/C40H24O/c1-2-10-26(11-3-1)39-30-15-5-4-12-27(30)22-29-24-34(31-16-6-7-17-32(31)40(29)39)28-20-21-36-35(23-28)33-18-8-13-25-14-9-19-37(41-36)38(25)33/h1-24H/i1D,2D,3D,10D,11D. The van der Waals surface area contributed by atoms with Gasteiger partial charge in [0.05, 0.1) is 6.85 Å². The van der Waals surface area contributed by atoms with Crippen LogP contribution in [-0.2, 0) is 0 Å². The van der Waals surface area contributed by atoms with Crippen LogP contribution in [0.3, 0.4) is 0 Å². The molecule has 41 heavy (non-hydrogen) atoms. The van der Waals surface area contributed by atoms with Gasteiger partial charge in [0.1, 0.15) is 11.5 Å². The maximum atomic E-state index is 8.91. The third kappa shape index (κ3) is 3.30. The molecule has 0 amide bonds. The molecule has 0 unspecified atom stereocenters. The molecule has 8 aromatic carbocycles. The predicted octanol–water partition coefficient (Wildman–Crippen LogP) is 11.4. The number of benzene rings is 8. The molecule has 9 rings (SSSR count). The normalized spacial score (nSPS) is 13.8. The third-order valence-electron chi connectivity index (χ3n) is 8.28. The summed E-state index contributed by atoms with van der Waals surface area (Å²) in [7, 11) is 0. The van der Waals surface area contributed by atoms with Crippen LogP contribution >= 0.6 is 0 Å². The second kappa shape index (κ2) is 8.55. The summed E-state index contributed by atoms with van der Waals surface area (Å²) in [5.74, 6) is 1.67. The lowest BCUT2D eigenvalue weighted by molar-refractivity contribution is 0.487. The summed E-state index contributed by atoms with van der Waals surface area (Å²) in [4.78, 5) is 0. The summed E-state index contributed by atoms with van der Waals surface area (Å²) < 4.78 is 49.3. The van der Waals surface area contributed by atoms with Gasteiger partial charge < -0.3 is 4.74 Å². The van der Waals surface area contributed by atoms with E-state index in [9.17, 15) is 0 Å². The summed E-state index contributed by atoms with van der Waals surface area (Å²) >= 11 is 0. The van der Waals surface area contributed by atoms with Crippen molar-refractivity contribution in [3.63, 3.8) is 0 Å². The first-order chi connectivity index (χ1) is 22.4. The Bertz CT molecular complexity index is 2590.